The first-order chi connectivity index (χ1) is 24.0. The van der Waals surface area contributed by atoms with Gasteiger partial charge in [-0.1, -0.05) is 90.9 Å². The molecule has 0 aromatic heterocycles. The van der Waals surface area contributed by atoms with Crippen molar-refractivity contribution in [2.75, 3.05) is 19.6 Å². The van der Waals surface area contributed by atoms with E-state index in [9.17, 15) is 19.2 Å². The number of hydrogen-bond donors (Lipinski definition) is 7. The molecule has 0 fully saturated rings. The molecular formula is C38H76N8O4. The Kier molecular flexibility index (Phi) is 30.4. The monoisotopic (exact) mass is 709 g/mol. The summed E-state index contributed by atoms with van der Waals surface area (Å²) in [6.45, 7) is 7.31. The summed E-state index contributed by atoms with van der Waals surface area (Å²) < 4.78 is 0. The average molecular weight is 709 g/mol. The van der Waals surface area contributed by atoms with Gasteiger partial charge in [0.1, 0.15) is 6.04 Å². The van der Waals surface area contributed by atoms with Crippen LogP contribution >= 0.6 is 0 Å². The number of aliphatic imine (C=N–C) groups is 1. The van der Waals surface area contributed by atoms with Gasteiger partial charge in [0.2, 0.25) is 17.7 Å². The van der Waals surface area contributed by atoms with Crippen LogP contribution in [0, 0.1) is 5.92 Å². The first-order valence-electron chi connectivity index (χ1n) is 19.9. The SMILES string of the molecule is CCCCCCCCCCCCCCCC(=O)N[C@@H](CCCCN)C(=O)N[C@@H](CCCCN)C(=O)C[C@@H](C)C(=O)N[C@H](C)CCCN=C(N)N. The minimum atomic E-state index is -0.767. The first-order valence-corrected chi connectivity index (χ1v) is 19.9. The van der Waals surface area contributed by atoms with E-state index >= 15 is 0 Å². The molecule has 11 N–H and O–H groups in total. The van der Waals surface area contributed by atoms with Gasteiger partial charge < -0.3 is 38.9 Å². The van der Waals surface area contributed by atoms with Gasteiger partial charge in [0.15, 0.2) is 11.7 Å². The third-order valence-electron chi connectivity index (χ3n) is 9.19. The molecule has 3 amide bonds. The van der Waals surface area contributed by atoms with E-state index in [1.54, 1.807) is 6.92 Å². The van der Waals surface area contributed by atoms with Crippen LogP contribution in [0.5, 0.6) is 0 Å². The zero-order valence-electron chi connectivity index (χ0n) is 32.1. The Morgan fingerprint density at radius 3 is 1.62 bits per heavy atom. The summed E-state index contributed by atoms with van der Waals surface area (Å²) in [6, 6.07) is -1.62. The van der Waals surface area contributed by atoms with E-state index in [4.69, 9.17) is 22.9 Å². The van der Waals surface area contributed by atoms with Gasteiger partial charge in [-0.05, 0) is 77.8 Å². The predicted octanol–water partition coefficient (Wildman–Crippen LogP) is 4.85. The molecule has 0 aromatic rings. The molecule has 0 bridgehead atoms. The zero-order valence-corrected chi connectivity index (χ0v) is 32.1. The fraction of sp³-hybridized carbons (Fsp3) is 0.868. The van der Waals surface area contributed by atoms with E-state index in [-0.39, 0.29) is 41.9 Å². The molecule has 0 aromatic carbocycles. The van der Waals surface area contributed by atoms with E-state index in [1.165, 1.54) is 64.2 Å². The minimum Gasteiger partial charge on any atom is -0.370 e. The topological polar surface area (TPSA) is 221 Å². The van der Waals surface area contributed by atoms with Crippen molar-refractivity contribution in [3.05, 3.63) is 0 Å². The van der Waals surface area contributed by atoms with Crippen LogP contribution in [0.25, 0.3) is 0 Å². The molecule has 50 heavy (non-hydrogen) atoms. The second-order valence-corrected chi connectivity index (χ2v) is 14.2. The Bertz CT molecular complexity index is 928. The number of carbonyl (C=O) groups excluding carboxylic acids is 4. The number of rotatable bonds is 34. The number of hydrogen-bond acceptors (Lipinski definition) is 7. The first kappa shape index (κ1) is 47.3. The molecule has 4 atom stereocenters. The number of nitrogens with one attached hydrogen (secondary N) is 3. The van der Waals surface area contributed by atoms with Crippen LogP contribution in [0.15, 0.2) is 4.99 Å². The standard InChI is InChI=1S/C38H76N8O4/c1-4-5-6-7-8-9-10-11-12-13-14-15-16-25-35(48)45-33(24-18-20-27-40)37(50)46-32(23-17-19-26-39)34(47)29-30(2)36(49)44-31(3)22-21-28-43-38(41)42/h30-33H,4-29,39-40H2,1-3H3,(H,44,49)(H,45,48)(H,46,50)(H4,41,42,43)/t30-,31-,32+,33+/m1/s1. The molecule has 0 saturated carbocycles. The van der Waals surface area contributed by atoms with Crippen LogP contribution in [-0.2, 0) is 19.2 Å². The smallest absolute Gasteiger partial charge is 0.243 e. The number of ketones is 1. The second kappa shape index (κ2) is 32.2. The van der Waals surface area contributed by atoms with Crippen LogP contribution in [0.2, 0.25) is 0 Å². The van der Waals surface area contributed by atoms with Crippen molar-refractivity contribution in [1.82, 2.24) is 16.0 Å². The summed E-state index contributed by atoms with van der Waals surface area (Å²) in [5.41, 5.74) is 22.1. The third kappa shape index (κ3) is 27.1. The lowest BCUT2D eigenvalue weighted by Crippen LogP contribution is -2.52. The molecule has 0 aliphatic carbocycles. The highest BCUT2D eigenvalue weighted by molar-refractivity contribution is 5.94. The van der Waals surface area contributed by atoms with Crippen LogP contribution in [0.3, 0.4) is 0 Å². The number of Topliss-reactive ketones (excluding diaryl/α,β-unsaturated/α-hetero) is 1. The van der Waals surface area contributed by atoms with Crippen LogP contribution < -0.4 is 38.9 Å². The highest BCUT2D eigenvalue weighted by Gasteiger charge is 2.28. The lowest BCUT2D eigenvalue weighted by Gasteiger charge is -2.24. The Labute approximate surface area is 304 Å². The summed E-state index contributed by atoms with van der Waals surface area (Å²) in [5, 5.41) is 8.80. The number of nitrogens with two attached hydrogens (primary N) is 4. The van der Waals surface area contributed by atoms with Crippen molar-refractivity contribution in [2.24, 2.45) is 33.8 Å². The molecular weight excluding hydrogens is 632 g/mol. The van der Waals surface area contributed by atoms with Crippen molar-refractivity contribution in [2.45, 2.75) is 187 Å². The Morgan fingerprint density at radius 2 is 1.10 bits per heavy atom. The third-order valence-corrected chi connectivity index (χ3v) is 9.19. The molecule has 0 heterocycles. The largest absolute Gasteiger partial charge is 0.370 e. The fourth-order valence-corrected chi connectivity index (χ4v) is 6.01. The van der Waals surface area contributed by atoms with Crippen LogP contribution in [-0.4, -0.2) is 67.2 Å². The summed E-state index contributed by atoms with van der Waals surface area (Å²) in [6.07, 6.45) is 21.4. The van der Waals surface area contributed by atoms with Gasteiger partial charge in [0.25, 0.3) is 0 Å². The Hall–Kier alpha value is -2.73. The molecule has 0 radical (unpaired) electrons. The van der Waals surface area contributed by atoms with E-state index in [1.807, 2.05) is 6.92 Å². The zero-order chi connectivity index (χ0) is 37.4. The summed E-state index contributed by atoms with van der Waals surface area (Å²) in [5.74, 6) is -1.49. The van der Waals surface area contributed by atoms with Gasteiger partial charge in [-0.3, -0.25) is 24.2 Å². The van der Waals surface area contributed by atoms with E-state index in [2.05, 4.69) is 27.9 Å². The van der Waals surface area contributed by atoms with Crippen molar-refractivity contribution in [3.63, 3.8) is 0 Å². The number of guanidine groups is 1. The maximum absolute atomic E-state index is 13.5. The normalized spacial score (nSPS) is 13.5. The molecule has 0 rings (SSSR count). The van der Waals surface area contributed by atoms with Crippen molar-refractivity contribution >= 4 is 29.5 Å². The van der Waals surface area contributed by atoms with Crippen LogP contribution in [0.1, 0.15) is 168 Å². The molecule has 12 heteroatoms. The lowest BCUT2D eigenvalue weighted by atomic mass is 9.95. The maximum Gasteiger partial charge on any atom is 0.243 e. The Morgan fingerprint density at radius 1 is 0.580 bits per heavy atom. The number of unbranched alkanes of at least 4 members (excludes halogenated alkanes) is 14. The molecule has 0 spiro atoms. The Balaban J connectivity index is 4.90. The van der Waals surface area contributed by atoms with E-state index in [0.717, 1.165) is 25.7 Å². The van der Waals surface area contributed by atoms with Gasteiger partial charge in [-0.15, -0.1) is 0 Å². The van der Waals surface area contributed by atoms with Crippen LogP contribution in [0.4, 0.5) is 0 Å². The summed E-state index contributed by atoms with van der Waals surface area (Å²) >= 11 is 0. The highest BCUT2D eigenvalue weighted by atomic mass is 16.2. The molecule has 12 nitrogen and oxygen atoms in total. The van der Waals surface area contributed by atoms with Crippen molar-refractivity contribution in [1.29, 1.82) is 0 Å². The maximum atomic E-state index is 13.5. The molecule has 292 valence electrons. The molecule has 0 unspecified atom stereocenters. The molecule has 0 aliphatic heterocycles. The second-order valence-electron chi connectivity index (χ2n) is 14.2. The summed E-state index contributed by atoms with van der Waals surface area (Å²) in [7, 11) is 0. The lowest BCUT2D eigenvalue weighted by molar-refractivity contribution is -0.133. The number of amides is 3. The number of carbonyl (C=O) groups is 4. The van der Waals surface area contributed by atoms with Crippen molar-refractivity contribution in [3.8, 4) is 0 Å². The number of nitrogens with zero attached hydrogens (tertiary/aromatic N) is 1. The fourth-order valence-electron chi connectivity index (χ4n) is 6.01. The van der Waals surface area contributed by atoms with Crippen molar-refractivity contribution < 1.29 is 19.2 Å². The van der Waals surface area contributed by atoms with E-state index in [0.29, 0.717) is 71.0 Å². The quantitative estimate of drug-likeness (QED) is 0.0278. The van der Waals surface area contributed by atoms with Gasteiger partial charge in [0, 0.05) is 31.3 Å². The van der Waals surface area contributed by atoms with Gasteiger partial charge in [-0.2, -0.15) is 0 Å². The highest BCUT2D eigenvalue weighted by Crippen LogP contribution is 2.14. The minimum absolute atomic E-state index is 0.0105. The molecule has 0 saturated heterocycles. The van der Waals surface area contributed by atoms with Gasteiger partial charge >= 0.3 is 0 Å². The predicted molar refractivity (Wildman–Crippen MR) is 206 cm³/mol. The van der Waals surface area contributed by atoms with Gasteiger partial charge in [0.05, 0.1) is 6.04 Å². The molecule has 0 aliphatic rings. The van der Waals surface area contributed by atoms with E-state index < -0.39 is 18.0 Å². The summed E-state index contributed by atoms with van der Waals surface area (Å²) in [4.78, 5) is 56.6. The van der Waals surface area contributed by atoms with Gasteiger partial charge in [-0.25, -0.2) is 0 Å². The average Bonchev–Trinajstić information content (AvgIpc) is 3.07.